The van der Waals surface area contributed by atoms with E-state index in [0.29, 0.717) is 29.9 Å². The van der Waals surface area contributed by atoms with E-state index in [0.717, 1.165) is 5.56 Å². The number of ether oxygens (including phenoxy) is 2. The van der Waals surface area contributed by atoms with E-state index in [4.69, 9.17) is 14.6 Å². The van der Waals surface area contributed by atoms with Crippen LogP contribution < -0.4 is 9.47 Å². The molecule has 1 aromatic carbocycles. The quantitative estimate of drug-likeness (QED) is 0.789. The van der Waals surface area contributed by atoms with Gasteiger partial charge in [-0.1, -0.05) is 19.1 Å². The molecule has 0 spiro atoms. The molecule has 18 heavy (non-hydrogen) atoms. The summed E-state index contributed by atoms with van der Waals surface area (Å²) in [6.07, 6.45) is 2.66. The number of benzene rings is 1. The second-order valence-corrected chi connectivity index (χ2v) is 3.73. The van der Waals surface area contributed by atoms with Gasteiger partial charge in [0.2, 0.25) is 0 Å². The Morgan fingerprint density at radius 3 is 2.22 bits per heavy atom. The SMILES string of the molecule is CC/C(=C/Cc1c(OC)cccc1OC)C(=O)O. The monoisotopic (exact) mass is 250 g/mol. The van der Waals surface area contributed by atoms with E-state index < -0.39 is 5.97 Å². The molecule has 0 saturated carbocycles. The van der Waals surface area contributed by atoms with Crippen molar-refractivity contribution in [2.24, 2.45) is 0 Å². The molecule has 0 saturated heterocycles. The summed E-state index contributed by atoms with van der Waals surface area (Å²) in [6, 6.07) is 5.50. The molecular formula is C14H18O4. The Morgan fingerprint density at radius 2 is 1.83 bits per heavy atom. The van der Waals surface area contributed by atoms with Crippen molar-refractivity contribution >= 4 is 5.97 Å². The van der Waals surface area contributed by atoms with Gasteiger partial charge in [0, 0.05) is 11.1 Å². The number of hydrogen-bond acceptors (Lipinski definition) is 3. The van der Waals surface area contributed by atoms with Gasteiger partial charge < -0.3 is 14.6 Å². The number of aliphatic carboxylic acids is 1. The summed E-state index contributed by atoms with van der Waals surface area (Å²) < 4.78 is 10.5. The molecule has 0 unspecified atom stereocenters. The van der Waals surface area contributed by atoms with Gasteiger partial charge in [0.05, 0.1) is 14.2 Å². The maximum Gasteiger partial charge on any atom is 0.331 e. The van der Waals surface area contributed by atoms with E-state index in [1.807, 2.05) is 25.1 Å². The Kier molecular flexibility index (Phi) is 5.24. The summed E-state index contributed by atoms with van der Waals surface area (Å²) in [7, 11) is 3.17. The number of rotatable bonds is 6. The highest BCUT2D eigenvalue weighted by molar-refractivity contribution is 5.86. The Hall–Kier alpha value is -1.97. The second-order valence-electron chi connectivity index (χ2n) is 3.73. The topological polar surface area (TPSA) is 55.8 Å². The maximum absolute atomic E-state index is 10.9. The van der Waals surface area contributed by atoms with Crippen molar-refractivity contribution in [2.45, 2.75) is 19.8 Å². The molecule has 4 heteroatoms. The van der Waals surface area contributed by atoms with E-state index in [2.05, 4.69) is 0 Å². The first kappa shape index (κ1) is 14.1. The van der Waals surface area contributed by atoms with Gasteiger partial charge in [-0.3, -0.25) is 0 Å². The third-order valence-corrected chi connectivity index (χ3v) is 2.74. The second kappa shape index (κ2) is 6.69. The first-order valence-electron chi connectivity index (χ1n) is 5.76. The van der Waals surface area contributed by atoms with Crippen molar-refractivity contribution in [3.63, 3.8) is 0 Å². The summed E-state index contributed by atoms with van der Waals surface area (Å²) in [6.45, 7) is 1.82. The maximum atomic E-state index is 10.9. The van der Waals surface area contributed by atoms with E-state index >= 15 is 0 Å². The molecule has 0 atom stereocenters. The summed E-state index contributed by atoms with van der Waals surface area (Å²) in [5, 5.41) is 8.97. The minimum Gasteiger partial charge on any atom is -0.496 e. The molecule has 4 nitrogen and oxygen atoms in total. The lowest BCUT2D eigenvalue weighted by atomic mass is 10.1. The lowest BCUT2D eigenvalue weighted by Gasteiger charge is -2.11. The van der Waals surface area contributed by atoms with Crippen LogP contribution in [0.25, 0.3) is 0 Å². The summed E-state index contributed by atoms with van der Waals surface area (Å²) in [5.41, 5.74) is 1.25. The van der Waals surface area contributed by atoms with Gasteiger partial charge in [-0.05, 0) is 25.0 Å². The summed E-state index contributed by atoms with van der Waals surface area (Å²) >= 11 is 0. The van der Waals surface area contributed by atoms with Gasteiger partial charge in [-0.25, -0.2) is 4.79 Å². The van der Waals surface area contributed by atoms with Crippen molar-refractivity contribution < 1.29 is 19.4 Å². The van der Waals surface area contributed by atoms with Gasteiger partial charge in [-0.15, -0.1) is 0 Å². The molecule has 0 bridgehead atoms. The smallest absolute Gasteiger partial charge is 0.331 e. The van der Waals surface area contributed by atoms with Crippen LogP contribution >= 0.6 is 0 Å². The van der Waals surface area contributed by atoms with E-state index in [1.165, 1.54) is 0 Å². The standard InChI is InChI=1S/C14H18O4/c1-4-10(14(15)16)8-9-11-12(17-2)6-5-7-13(11)18-3/h5-8H,4,9H2,1-3H3,(H,15,16)/b10-8-. The van der Waals surface area contributed by atoms with Crippen molar-refractivity contribution in [3.05, 3.63) is 35.4 Å². The molecule has 1 N–H and O–H groups in total. The number of methoxy groups -OCH3 is 2. The Bertz CT molecular complexity index is 427. The lowest BCUT2D eigenvalue weighted by molar-refractivity contribution is -0.132. The molecule has 0 heterocycles. The summed E-state index contributed by atoms with van der Waals surface area (Å²) in [5.74, 6) is 0.518. The molecular weight excluding hydrogens is 232 g/mol. The van der Waals surface area contributed by atoms with Crippen LogP contribution in [-0.4, -0.2) is 25.3 Å². The zero-order valence-corrected chi connectivity index (χ0v) is 10.9. The van der Waals surface area contributed by atoms with Crippen molar-refractivity contribution in [3.8, 4) is 11.5 Å². The van der Waals surface area contributed by atoms with E-state index in [1.54, 1.807) is 20.3 Å². The molecule has 0 aliphatic carbocycles. The minimum absolute atomic E-state index is 0.392. The molecule has 0 aliphatic rings. The fourth-order valence-electron chi connectivity index (χ4n) is 1.74. The number of hydrogen-bond donors (Lipinski definition) is 1. The van der Waals surface area contributed by atoms with Crippen LogP contribution in [0.2, 0.25) is 0 Å². The van der Waals surface area contributed by atoms with Crippen LogP contribution in [0.1, 0.15) is 18.9 Å². The van der Waals surface area contributed by atoms with Gasteiger partial charge >= 0.3 is 5.97 Å². The van der Waals surface area contributed by atoms with Gasteiger partial charge in [0.1, 0.15) is 11.5 Å². The average molecular weight is 250 g/mol. The number of carboxylic acid groups (broad SMARTS) is 1. The van der Waals surface area contributed by atoms with Gasteiger partial charge in [0.15, 0.2) is 0 Å². The van der Waals surface area contributed by atoms with Crippen LogP contribution in [0, 0.1) is 0 Å². The Morgan fingerprint density at radius 1 is 1.28 bits per heavy atom. The highest BCUT2D eigenvalue weighted by Gasteiger charge is 2.10. The van der Waals surface area contributed by atoms with Crippen LogP contribution in [0.5, 0.6) is 11.5 Å². The molecule has 0 aromatic heterocycles. The molecule has 98 valence electrons. The van der Waals surface area contributed by atoms with E-state index in [-0.39, 0.29) is 0 Å². The van der Waals surface area contributed by atoms with E-state index in [9.17, 15) is 4.79 Å². The Labute approximate surface area is 107 Å². The minimum atomic E-state index is -0.883. The molecule has 1 aromatic rings. The largest absolute Gasteiger partial charge is 0.496 e. The highest BCUT2D eigenvalue weighted by atomic mass is 16.5. The molecule has 0 fully saturated rings. The van der Waals surface area contributed by atoms with Crippen molar-refractivity contribution in [1.82, 2.24) is 0 Å². The van der Waals surface area contributed by atoms with Crippen molar-refractivity contribution in [2.75, 3.05) is 14.2 Å². The normalized spacial score (nSPS) is 11.2. The molecule has 1 rings (SSSR count). The predicted molar refractivity (Wildman–Crippen MR) is 69.3 cm³/mol. The first-order chi connectivity index (χ1) is 8.63. The van der Waals surface area contributed by atoms with Gasteiger partial charge in [-0.2, -0.15) is 0 Å². The Balaban J connectivity index is 3.06. The predicted octanol–water partition coefficient (Wildman–Crippen LogP) is 2.67. The number of allylic oxidation sites excluding steroid dienone is 1. The zero-order chi connectivity index (χ0) is 13.5. The molecule has 0 amide bonds. The molecule has 0 aliphatic heterocycles. The third kappa shape index (κ3) is 3.26. The third-order valence-electron chi connectivity index (χ3n) is 2.74. The van der Waals surface area contributed by atoms with Gasteiger partial charge in [0.25, 0.3) is 0 Å². The van der Waals surface area contributed by atoms with Crippen LogP contribution in [0.4, 0.5) is 0 Å². The fourth-order valence-corrected chi connectivity index (χ4v) is 1.74. The summed E-state index contributed by atoms with van der Waals surface area (Å²) in [4.78, 5) is 10.9. The molecule has 0 radical (unpaired) electrons. The average Bonchev–Trinajstić information content (AvgIpc) is 2.38. The van der Waals surface area contributed by atoms with Crippen molar-refractivity contribution in [1.29, 1.82) is 0 Å². The van der Waals surface area contributed by atoms with Crippen LogP contribution in [0.3, 0.4) is 0 Å². The number of carbonyl (C=O) groups is 1. The highest BCUT2D eigenvalue weighted by Crippen LogP contribution is 2.29. The fraction of sp³-hybridized carbons (Fsp3) is 0.357. The first-order valence-corrected chi connectivity index (χ1v) is 5.76. The zero-order valence-electron chi connectivity index (χ0n) is 10.9. The number of carboxylic acids is 1. The lowest BCUT2D eigenvalue weighted by Crippen LogP contribution is -2.01. The van der Waals surface area contributed by atoms with Crippen LogP contribution in [0.15, 0.2) is 29.8 Å². The van der Waals surface area contributed by atoms with Crippen LogP contribution in [-0.2, 0) is 11.2 Å².